The van der Waals surface area contributed by atoms with E-state index in [1.165, 1.54) is 0 Å². The largest absolute Gasteiger partial charge is 0.301 e. The van der Waals surface area contributed by atoms with Gasteiger partial charge in [-0.1, -0.05) is 13.0 Å². The Hall–Kier alpha value is -0.920. The number of hydrogen-bond acceptors (Lipinski definition) is 5. The quantitative estimate of drug-likeness (QED) is 0.795. The molecule has 2 aromatic heterocycles. The molecule has 0 spiro atoms. The molecule has 0 saturated heterocycles. The predicted molar refractivity (Wildman–Crippen MR) is 70.5 cm³/mol. The molecular weight excluding hydrogens is 294 g/mol. The van der Waals surface area contributed by atoms with E-state index in [4.69, 9.17) is 10.7 Å². The Kier molecular flexibility index (Phi) is 4.04. The van der Waals surface area contributed by atoms with Crippen molar-refractivity contribution in [3.63, 3.8) is 0 Å². The van der Waals surface area contributed by atoms with Gasteiger partial charge in [0.05, 0.1) is 0 Å². The van der Waals surface area contributed by atoms with E-state index >= 15 is 0 Å². The Balaban J connectivity index is 2.39. The van der Waals surface area contributed by atoms with Gasteiger partial charge in [-0.2, -0.15) is 0 Å². The molecule has 0 N–H and O–H groups in total. The molecule has 0 fully saturated rings. The molecule has 0 radical (unpaired) electrons. The van der Waals surface area contributed by atoms with E-state index in [9.17, 15) is 8.42 Å². The average Bonchev–Trinajstić information content (AvgIpc) is 2.89. The summed E-state index contributed by atoms with van der Waals surface area (Å²) in [6.07, 6.45) is 1.35. The maximum Gasteiger partial charge on any atom is 0.296 e. The highest BCUT2D eigenvalue weighted by Crippen LogP contribution is 2.18. The fourth-order valence-corrected chi connectivity index (χ4v) is 3.29. The second-order valence-corrected chi connectivity index (χ2v) is 7.24. The first kappa shape index (κ1) is 13.5. The Morgan fingerprint density at radius 1 is 1.44 bits per heavy atom. The summed E-state index contributed by atoms with van der Waals surface area (Å²) in [4.78, 5) is 1.11. The van der Waals surface area contributed by atoms with Gasteiger partial charge in [0.15, 0.2) is 0 Å². The van der Waals surface area contributed by atoms with E-state index in [0.29, 0.717) is 18.8 Å². The first-order valence-electron chi connectivity index (χ1n) is 5.41. The van der Waals surface area contributed by atoms with Crippen LogP contribution in [-0.4, -0.2) is 23.2 Å². The lowest BCUT2D eigenvalue weighted by atomic mass is 10.3. The van der Waals surface area contributed by atoms with E-state index in [-0.39, 0.29) is 5.16 Å². The standard InChI is InChI=1S/C10H12ClN3O2S2/c1-2-5-14-9(7-8-4-3-6-17-8)12-13-10(14)18(11,15)16/h3-4,6H,2,5,7H2,1H3. The van der Waals surface area contributed by atoms with Crippen molar-refractivity contribution in [3.05, 3.63) is 28.2 Å². The lowest BCUT2D eigenvalue weighted by Gasteiger charge is -2.06. The van der Waals surface area contributed by atoms with Crippen LogP contribution >= 0.6 is 22.0 Å². The molecule has 0 unspecified atom stereocenters. The molecule has 98 valence electrons. The molecular formula is C10H12ClN3O2S2. The van der Waals surface area contributed by atoms with Crippen molar-refractivity contribution in [1.29, 1.82) is 0 Å². The highest BCUT2D eigenvalue weighted by Gasteiger charge is 2.22. The van der Waals surface area contributed by atoms with E-state index in [2.05, 4.69) is 10.2 Å². The van der Waals surface area contributed by atoms with Crippen LogP contribution in [0.5, 0.6) is 0 Å². The van der Waals surface area contributed by atoms with Crippen molar-refractivity contribution in [3.8, 4) is 0 Å². The minimum Gasteiger partial charge on any atom is -0.301 e. The fraction of sp³-hybridized carbons (Fsp3) is 0.400. The molecule has 0 aliphatic heterocycles. The monoisotopic (exact) mass is 305 g/mol. The van der Waals surface area contributed by atoms with Gasteiger partial charge >= 0.3 is 0 Å². The van der Waals surface area contributed by atoms with Crippen molar-refractivity contribution in [2.45, 2.75) is 31.5 Å². The minimum atomic E-state index is -3.85. The van der Waals surface area contributed by atoms with Crippen LogP contribution in [0.15, 0.2) is 22.7 Å². The highest BCUT2D eigenvalue weighted by atomic mass is 35.7. The lowest BCUT2D eigenvalue weighted by Crippen LogP contribution is -2.09. The molecule has 18 heavy (non-hydrogen) atoms. The maximum atomic E-state index is 11.4. The summed E-state index contributed by atoms with van der Waals surface area (Å²) < 4.78 is 24.3. The minimum absolute atomic E-state index is 0.169. The highest BCUT2D eigenvalue weighted by molar-refractivity contribution is 8.13. The molecule has 0 aromatic carbocycles. The molecule has 0 amide bonds. The summed E-state index contributed by atoms with van der Waals surface area (Å²) in [5.74, 6) is 0.624. The molecule has 0 atom stereocenters. The third-order valence-corrected chi connectivity index (χ3v) is 4.40. The van der Waals surface area contributed by atoms with Crippen molar-refractivity contribution in [2.75, 3.05) is 0 Å². The van der Waals surface area contributed by atoms with Crippen molar-refractivity contribution < 1.29 is 8.42 Å². The van der Waals surface area contributed by atoms with Gasteiger partial charge in [-0.3, -0.25) is 0 Å². The van der Waals surface area contributed by atoms with Gasteiger partial charge in [0.25, 0.3) is 14.2 Å². The second kappa shape index (κ2) is 5.38. The summed E-state index contributed by atoms with van der Waals surface area (Å²) in [7, 11) is 1.50. The van der Waals surface area contributed by atoms with Crippen LogP contribution in [0.2, 0.25) is 0 Å². The van der Waals surface area contributed by atoms with Crippen LogP contribution in [0.3, 0.4) is 0 Å². The molecule has 0 saturated carbocycles. The summed E-state index contributed by atoms with van der Waals surface area (Å²) in [6, 6.07) is 3.92. The van der Waals surface area contributed by atoms with Crippen LogP contribution < -0.4 is 0 Å². The zero-order valence-electron chi connectivity index (χ0n) is 9.71. The van der Waals surface area contributed by atoms with Crippen LogP contribution in [0, 0.1) is 0 Å². The molecule has 2 rings (SSSR count). The number of halogens is 1. The summed E-state index contributed by atoms with van der Waals surface area (Å²) in [5.41, 5.74) is 0. The fourth-order valence-electron chi connectivity index (χ4n) is 1.65. The predicted octanol–water partition coefficient (Wildman–Crippen LogP) is 2.27. The second-order valence-electron chi connectivity index (χ2n) is 3.74. The zero-order valence-corrected chi connectivity index (χ0v) is 12.1. The lowest BCUT2D eigenvalue weighted by molar-refractivity contribution is 0.559. The Morgan fingerprint density at radius 2 is 2.22 bits per heavy atom. The number of nitrogens with zero attached hydrogens (tertiary/aromatic N) is 3. The Bertz CT molecular complexity index is 620. The third kappa shape index (κ3) is 2.90. The van der Waals surface area contributed by atoms with E-state index < -0.39 is 9.05 Å². The Morgan fingerprint density at radius 3 is 2.78 bits per heavy atom. The smallest absolute Gasteiger partial charge is 0.296 e. The first-order valence-corrected chi connectivity index (χ1v) is 8.60. The van der Waals surface area contributed by atoms with E-state index in [1.54, 1.807) is 15.9 Å². The van der Waals surface area contributed by atoms with Crippen molar-refractivity contribution >= 4 is 31.1 Å². The number of aromatic nitrogens is 3. The van der Waals surface area contributed by atoms with Gasteiger partial charge in [0.2, 0.25) is 0 Å². The molecule has 2 heterocycles. The van der Waals surface area contributed by atoms with Gasteiger partial charge in [0, 0.05) is 28.5 Å². The van der Waals surface area contributed by atoms with Crippen LogP contribution in [0.4, 0.5) is 0 Å². The SMILES string of the molecule is CCCn1c(Cc2cccs2)nnc1S(=O)(=O)Cl. The topological polar surface area (TPSA) is 64.8 Å². The summed E-state index contributed by atoms with van der Waals surface area (Å²) in [6.45, 7) is 2.49. The molecule has 8 heteroatoms. The van der Waals surface area contributed by atoms with Gasteiger partial charge < -0.3 is 4.57 Å². The van der Waals surface area contributed by atoms with Crippen LogP contribution in [0.25, 0.3) is 0 Å². The molecule has 2 aromatic rings. The van der Waals surface area contributed by atoms with E-state index in [1.807, 2.05) is 24.4 Å². The average molecular weight is 306 g/mol. The Labute approximate surface area is 114 Å². The number of thiophene rings is 1. The summed E-state index contributed by atoms with van der Waals surface area (Å²) in [5, 5.41) is 9.41. The van der Waals surface area contributed by atoms with Crippen LogP contribution in [-0.2, 0) is 22.0 Å². The zero-order chi connectivity index (χ0) is 13.2. The van der Waals surface area contributed by atoms with Gasteiger partial charge in [-0.15, -0.1) is 21.5 Å². The normalized spacial score (nSPS) is 11.9. The number of rotatable bonds is 5. The van der Waals surface area contributed by atoms with Gasteiger partial charge in [-0.25, -0.2) is 8.42 Å². The van der Waals surface area contributed by atoms with Gasteiger partial charge in [-0.05, 0) is 17.9 Å². The first-order chi connectivity index (χ1) is 8.52. The van der Waals surface area contributed by atoms with E-state index in [0.717, 1.165) is 11.3 Å². The maximum absolute atomic E-state index is 11.4. The van der Waals surface area contributed by atoms with Crippen LogP contribution in [0.1, 0.15) is 24.0 Å². The molecule has 0 aliphatic rings. The third-order valence-electron chi connectivity index (χ3n) is 2.37. The van der Waals surface area contributed by atoms with Crippen molar-refractivity contribution in [2.24, 2.45) is 0 Å². The van der Waals surface area contributed by atoms with Crippen molar-refractivity contribution in [1.82, 2.24) is 14.8 Å². The number of hydrogen-bond donors (Lipinski definition) is 0. The molecule has 0 aliphatic carbocycles. The molecule has 5 nitrogen and oxygen atoms in total. The molecule has 0 bridgehead atoms. The van der Waals surface area contributed by atoms with Gasteiger partial charge in [0.1, 0.15) is 5.82 Å². The summed E-state index contributed by atoms with van der Waals surface area (Å²) >= 11 is 1.60.